The number of amides is 2. The van der Waals surface area contributed by atoms with Crippen molar-refractivity contribution in [3.8, 4) is 11.5 Å². The number of hydrogen-bond donors (Lipinski definition) is 1. The molecule has 0 unspecified atom stereocenters. The molecule has 0 aliphatic carbocycles. The van der Waals surface area contributed by atoms with Crippen molar-refractivity contribution in [3.63, 3.8) is 0 Å². The first kappa shape index (κ1) is 22.8. The Morgan fingerprint density at radius 2 is 1.55 bits per heavy atom. The SMILES string of the molecule is O=C(COc1ccc(O)cc1)[C@@H]1CCCN1C(=O)[C@@H]1CCCN1C(=O)CCc1ccccc1. The maximum atomic E-state index is 13.4. The highest BCUT2D eigenvalue weighted by atomic mass is 16.5. The Hall–Kier alpha value is -3.35. The second kappa shape index (κ2) is 10.5. The molecule has 174 valence electrons. The number of ether oxygens (including phenoxy) is 1. The second-order valence-electron chi connectivity index (χ2n) is 8.67. The average molecular weight is 451 g/mol. The first-order chi connectivity index (χ1) is 16.0. The molecular formula is C26H30N2O5. The van der Waals surface area contributed by atoms with Crippen LogP contribution in [0.3, 0.4) is 0 Å². The van der Waals surface area contributed by atoms with E-state index in [-0.39, 0.29) is 30.0 Å². The van der Waals surface area contributed by atoms with E-state index in [1.54, 1.807) is 21.9 Å². The third-order valence-electron chi connectivity index (χ3n) is 6.45. The number of Topliss-reactive ketones (excluding diaryl/α,β-unsaturated/α-hetero) is 1. The minimum absolute atomic E-state index is 0.00700. The van der Waals surface area contributed by atoms with Crippen LogP contribution in [0.1, 0.15) is 37.7 Å². The van der Waals surface area contributed by atoms with Crippen LogP contribution in [0.25, 0.3) is 0 Å². The van der Waals surface area contributed by atoms with Crippen LogP contribution in [0.2, 0.25) is 0 Å². The van der Waals surface area contributed by atoms with Gasteiger partial charge in [-0.25, -0.2) is 0 Å². The van der Waals surface area contributed by atoms with Crippen LogP contribution in [0, 0.1) is 0 Å². The molecule has 2 heterocycles. The van der Waals surface area contributed by atoms with Gasteiger partial charge in [0.15, 0.2) is 5.78 Å². The van der Waals surface area contributed by atoms with E-state index in [4.69, 9.17) is 4.74 Å². The predicted octanol–water partition coefficient (Wildman–Crippen LogP) is 2.95. The molecule has 7 nitrogen and oxygen atoms in total. The van der Waals surface area contributed by atoms with Crippen molar-refractivity contribution in [2.24, 2.45) is 0 Å². The number of phenolic OH excluding ortho intramolecular Hbond substituents is 1. The lowest BCUT2D eigenvalue weighted by atomic mass is 10.1. The summed E-state index contributed by atoms with van der Waals surface area (Å²) >= 11 is 0. The summed E-state index contributed by atoms with van der Waals surface area (Å²) in [6.07, 6.45) is 3.82. The van der Waals surface area contributed by atoms with E-state index in [1.807, 2.05) is 30.3 Å². The normalized spacial score (nSPS) is 20.1. The number of hydrogen-bond acceptors (Lipinski definition) is 5. The number of rotatable bonds is 8. The van der Waals surface area contributed by atoms with Gasteiger partial charge in [0.1, 0.15) is 24.1 Å². The molecule has 4 rings (SSSR count). The van der Waals surface area contributed by atoms with Crippen LogP contribution in [0.4, 0.5) is 0 Å². The minimum Gasteiger partial charge on any atom is -0.508 e. The molecule has 2 amide bonds. The van der Waals surface area contributed by atoms with Gasteiger partial charge in [-0.3, -0.25) is 14.4 Å². The minimum atomic E-state index is -0.517. The maximum Gasteiger partial charge on any atom is 0.245 e. The topological polar surface area (TPSA) is 87.2 Å². The van der Waals surface area contributed by atoms with E-state index in [2.05, 4.69) is 0 Å². The van der Waals surface area contributed by atoms with Gasteiger partial charge in [-0.15, -0.1) is 0 Å². The quantitative estimate of drug-likeness (QED) is 0.668. The van der Waals surface area contributed by atoms with Gasteiger partial charge < -0.3 is 19.6 Å². The molecule has 1 N–H and O–H groups in total. The van der Waals surface area contributed by atoms with Gasteiger partial charge in [-0.2, -0.15) is 0 Å². The van der Waals surface area contributed by atoms with Crippen molar-refractivity contribution in [1.29, 1.82) is 0 Å². The fraction of sp³-hybridized carbons (Fsp3) is 0.423. The van der Waals surface area contributed by atoms with Crippen LogP contribution in [0.15, 0.2) is 54.6 Å². The Balaban J connectivity index is 1.34. The molecule has 7 heteroatoms. The number of likely N-dealkylation sites (tertiary alicyclic amines) is 2. The summed E-state index contributed by atoms with van der Waals surface area (Å²) in [5.41, 5.74) is 1.10. The summed E-state index contributed by atoms with van der Waals surface area (Å²) in [4.78, 5) is 42.5. The fourth-order valence-corrected chi connectivity index (χ4v) is 4.71. The van der Waals surface area contributed by atoms with Crippen LogP contribution >= 0.6 is 0 Å². The average Bonchev–Trinajstić information content (AvgIpc) is 3.52. The fourth-order valence-electron chi connectivity index (χ4n) is 4.71. The summed E-state index contributed by atoms with van der Waals surface area (Å²) in [5, 5.41) is 9.36. The van der Waals surface area contributed by atoms with Crippen molar-refractivity contribution in [2.45, 2.75) is 50.6 Å². The van der Waals surface area contributed by atoms with Gasteiger partial charge in [0.2, 0.25) is 11.8 Å². The lowest BCUT2D eigenvalue weighted by Gasteiger charge is -2.31. The molecule has 2 saturated heterocycles. The molecule has 0 radical (unpaired) electrons. The van der Waals surface area contributed by atoms with E-state index >= 15 is 0 Å². The summed E-state index contributed by atoms with van der Waals surface area (Å²) in [6, 6.07) is 15.0. The molecule has 2 aromatic rings. The first-order valence-corrected chi connectivity index (χ1v) is 11.6. The lowest BCUT2D eigenvalue weighted by Crippen LogP contribution is -2.51. The van der Waals surface area contributed by atoms with E-state index in [0.29, 0.717) is 44.5 Å². The highest BCUT2D eigenvalue weighted by Gasteiger charge is 2.41. The standard InChI is InChI=1S/C26H30N2O5/c29-20-11-13-21(14-12-20)33-18-24(30)22-8-4-17-28(22)26(32)23-9-5-16-27(23)25(31)15-10-19-6-2-1-3-7-19/h1-3,6-7,11-14,22-23,29H,4-5,8-10,15-18H2/t22-,23-/m0/s1. The number of nitrogens with zero attached hydrogens (tertiary/aromatic N) is 2. The monoisotopic (exact) mass is 450 g/mol. The number of aromatic hydroxyl groups is 1. The number of phenols is 1. The third kappa shape index (κ3) is 5.53. The molecule has 2 aliphatic rings. The number of ketones is 1. The summed E-state index contributed by atoms with van der Waals surface area (Å²) in [5.74, 6) is 0.339. The number of aryl methyl sites for hydroxylation is 1. The van der Waals surface area contributed by atoms with Gasteiger partial charge in [0.25, 0.3) is 0 Å². The zero-order valence-electron chi connectivity index (χ0n) is 18.7. The van der Waals surface area contributed by atoms with Crippen molar-refractivity contribution < 1.29 is 24.2 Å². The second-order valence-corrected chi connectivity index (χ2v) is 8.67. The Labute approximate surface area is 193 Å². The summed E-state index contributed by atoms with van der Waals surface area (Å²) in [7, 11) is 0. The van der Waals surface area contributed by atoms with Crippen LogP contribution < -0.4 is 4.74 Å². The molecule has 0 spiro atoms. The number of benzene rings is 2. The number of carbonyl (C=O) groups excluding carboxylic acids is 3. The molecule has 33 heavy (non-hydrogen) atoms. The zero-order valence-corrected chi connectivity index (χ0v) is 18.7. The summed E-state index contributed by atoms with van der Waals surface area (Å²) < 4.78 is 5.56. The van der Waals surface area contributed by atoms with Crippen molar-refractivity contribution in [1.82, 2.24) is 9.80 Å². The van der Waals surface area contributed by atoms with E-state index < -0.39 is 12.1 Å². The van der Waals surface area contributed by atoms with Gasteiger partial charge in [-0.1, -0.05) is 30.3 Å². The van der Waals surface area contributed by atoms with E-state index in [1.165, 1.54) is 12.1 Å². The highest BCUT2D eigenvalue weighted by molar-refractivity contribution is 5.94. The third-order valence-corrected chi connectivity index (χ3v) is 6.45. The first-order valence-electron chi connectivity index (χ1n) is 11.6. The molecule has 0 bridgehead atoms. The Morgan fingerprint density at radius 3 is 2.27 bits per heavy atom. The van der Waals surface area contributed by atoms with Crippen LogP contribution in [-0.2, 0) is 20.8 Å². The van der Waals surface area contributed by atoms with Gasteiger partial charge >= 0.3 is 0 Å². The van der Waals surface area contributed by atoms with E-state index in [9.17, 15) is 19.5 Å². The van der Waals surface area contributed by atoms with Crippen LogP contribution in [-0.4, -0.2) is 64.3 Å². The van der Waals surface area contributed by atoms with Gasteiger partial charge in [-0.05, 0) is 61.9 Å². The van der Waals surface area contributed by atoms with Crippen molar-refractivity contribution >= 4 is 17.6 Å². The molecule has 2 aliphatic heterocycles. The van der Waals surface area contributed by atoms with Crippen molar-refractivity contribution in [3.05, 3.63) is 60.2 Å². The van der Waals surface area contributed by atoms with Gasteiger partial charge in [0.05, 0.1) is 6.04 Å². The van der Waals surface area contributed by atoms with Crippen molar-refractivity contribution in [2.75, 3.05) is 19.7 Å². The maximum absolute atomic E-state index is 13.4. The molecular weight excluding hydrogens is 420 g/mol. The molecule has 0 saturated carbocycles. The molecule has 2 atom stereocenters. The Bertz CT molecular complexity index is 976. The Morgan fingerprint density at radius 1 is 0.879 bits per heavy atom. The molecule has 0 aromatic heterocycles. The predicted molar refractivity (Wildman–Crippen MR) is 123 cm³/mol. The van der Waals surface area contributed by atoms with Gasteiger partial charge in [0, 0.05) is 19.5 Å². The van der Waals surface area contributed by atoms with E-state index in [0.717, 1.165) is 18.4 Å². The Kier molecular flexibility index (Phi) is 7.27. The highest BCUT2D eigenvalue weighted by Crippen LogP contribution is 2.26. The molecule has 2 fully saturated rings. The lowest BCUT2D eigenvalue weighted by molar-refractivity contribution is -0.146. The zero-order chi connectivity index (χ0) is 23.2. The number of carbonyl (C=O) groups is 3. The molecule has 2 aromatic carbocycles. The largest absolute Gasteiger partial charge is 0.508 e. The van der Waals surface area contributed by atoms with Crippen LogP contribution in [0.5, 0.6) is 11.5 Å². The summed E-state index contributed by atoms with van der Waals surface area (Å²) in [6.45, 7) is 0.973. The smallest absolute Gasteiger partial charge is 0.245 e.